The molecule has 2 N–H and O–H groups in total. The van der Waals surface area contributed by atoms with E-state index in [1.165, 1.54) is 51.4 Å². The fourth-order valence-electron chi connectivity index (χ4n) is 7.72. The highest BCUT2D eigenvalue weighted by atomic mass is 16.3. The highest BCUT2D eigenvalue weighted by molar-refractivity contribution is 5.12. The van der Waals surface area contributed by atoms with Gasteiger partial charge in [0.25, 0.3) is 0 Å². The van der Waals surface area contributed by atoms with Gasteiger partial charge in [-0.1, -0.05) is 26.7 Å². The lowest BCUT2D eigenvalue weighted by Crippen LogP contribution is -2.55. The molecule has 0 aromatic carbocycles. The first-order valence-corrected chi connectivity index (χ1v) is 10.4. The molecule has 0 heterocycles. The van der Waals surface area contributed by atoms with Crippen molar-refractivity contribution in [2.75, 3.05) is 0 Å². The van der Waals surface area contributed by atoms with Gasteiger partial charge in [-0.15, -0.1) is 0 Å². The van der Waals surface area contributed by atoms with Crippen molar-refractivity contribution in [1.29, 1.82) is 0 Å². The molecule has 4 saturated carbocycles. The van der Waals surface area contributed by atoms with Gasteiger partial charge in [0.05, 0.1) is 11.7 Å². The highest BCUT2D eigenvalue weighted by Gasteiger charge is 2.62. The largest absolute Gasteiger partial charge is 0.393 e. The summed E-state index contributed by atoms with van der Waals surface area (Å²) < 4.78 is 0. The number of hydrogen-bond donors (Lipinski definition) is 2. The van der Waals surface area contributed by atoms with E-state index in [1.54, 1.807) is 0 Å². The molecular formula is C21H36O2. The van der Waals surface area contributed by atoms with Crippen LogP contribution in [0.25, 0.3) is 0 Å². The monoisotopic (exact) mass is 320 g/mol. The van der Waals surface area contributed by atoms with Crippen LogP contribution in [0.3, 0.4) is 0 Å². The second kappa shape index (κ2) is 5.73. The first-order chi connectivity index (χ1) is 11.0. The van der Waals surface area contributed by atoms with Crippen LogP contribution in [0.5, 0.6) is 0 Å². The summed E-state index contributed by atoms with van der Waals surface area (Å²) in [5, 5.41) is 21.6. The van der Waals surface area contributed by atoms with Crippen molar-refractivity contribution in [3.63, 3.8) is 0 Å². The molecule has 0 bridgehead atoms. The number of aliphatic hydroxyl groups excluding tert-OH is 1. The predicted molar refractivity (Wildman–Crippen MR) is 93.0 cm³/mol. The minimum absolute atomic E-state index is 0.252. The Morgan fingerprint density at radius 3 is 2.65 bits per heavy atom. The predicted octanol–water partition coefficient (Wildman–Crippen LogP) is 4.53. The lowest BCUT2D eigenvalue weighted by molar-refractivity contribution is -0.150. The van der Waals surface area contributed by atoms with Crippen LogP contribution in [-0.2, 0) is 0 Å². The smallest absolute Gasteiger partial charge is 0.0732 e. The van der Waals surface area contributed by atoms with E-state index >= 15 is 0 Å². The molecule has 4 aliphatic rings. The summed E-state index contributed by atoms with van der Waals surface area (Å²) in [5.41, 5.74) is 0.00191. The van der Waals surface area contributed by atoms with Crippen molar-refractivity contribution < 1.29 is 10.2 Å². The molecule has 2 nitrogen and oxygen atoms in total. The molecule has 0 radical (unpaired) electrons. The van der Waals surface area contributed by atoms with Crippen LogP contribution in [0.4, 0.5) is 0 Å². The average Bonchev–Trinajstić information content (AvgIpc) is 3.00. The van der Waals surface area contributed by atoms with Gasteiger partial charge in [0.15, 0.2) is 0 Å². The summed E-state index contributed by atoms with van der Waals surface area (Å²) in [5.74, 6) is 3.34. The van der Waals surface area contributed by atoms with Crippen LogP contribution in [-0.4, -0.2) is 21.9 Å². The van der Waals surface area contributed by atoms with Crippen molar-refractivity contribution >= 4 is 0 Å². The van der Waals surface area contributed by atoms with Gasteiger partial charge in [0, 0.05) is 6.42 Å². The summed E-state index contributed by atoms with van der Waals surface area (Å²) >= 11 is 0. The van der Waals surface area contributed by atoms with E-state index in [-0.39, 0.29) is 6.10 Å². The maximum absolute atomic E-state index is 11.4. The van der Waals surface area contributed by atoms with Gasteiger partial charge in [-0.2, -0.15) is 0 Å². The number of unbranched alkanes of at least 4 members (excludes halogenated alkanes) is 1. The van der Waals surface area contributed by atoms with Gasteiger partial charge in [0.2, 0.25) is 0 Å². The van der Waals surface area contributed by atoms with Crippen molar-refractivity contribution in [1.82, 2.24) is 0 Å². The Morgan fingerprint density at radius 1 is 1.04 bits per heavy atom. The molecule has 132 valence electrons. The van der Waals surface area contributed by atoms with Gasteiger partial charge in [-0.25, -0.2) is 0 Å². The summed E-state index contributed by atoms with van der Waals surface area (Å²) in [6, 6.07) is 0. The zero-order valence-corrected chi connectivity index (χ0v) is 15.1. The van der Waals surface area contributed by atoms with Gasteiger partial charge in [-0.05, 0) is 86.4 Å². The fourth-order valence-corrected chi connectivity index (χ4v) is 7.72. The molecule has 0 aromatic rings. The van der Waals surface area contributed by atoms with Crippen LogP contribution in [0.1, 0.15) is 84.5 Å². The Hall–Kier alpha value is -0.0800. The first kappa shape index (κ1) is 16.4. The van der Waals surface area contributed by atoms with Crippen LogP contribution in [0.15, 0.2) is 0 Å². The summed E-state index contributed by atoms with van der Waals surface area (Å²) in [4.78, 5) is 0. The average molecular weight is 321 g/mol. The standard InChI is InChI=1S/C21H36O2/c1-3-4-5-14-7-9-18-17-8-6-15-12-16(22)13-21(15,23)19(17)10-11-20(14,18)2/h14-19,22-23H,3-13H2,1-2H3. The van der Waals surface area contributed by atoms with Gasteiger partial charge in [-0.3, -0.25) is 0 Å². The number of rotatable bonds is 3. The zero-order chi connectivity index (χ0) is 16.2. The Kier molecular flexibility index (Phi) is 4.08. The minimum Gasteiger partial charge on any atom is -0.393 e. The second-order valence-corrected chi connectivity index (χ2v) is 9.70. The lowest BCUT2D eigenvalue weighted by atomic mass is 9.50. The molecule has 0 saturated heterocycles. The molecule has 4 aliphatic carbocycles. The van der Waals surface area contributed by atoms with E-state index in [4.69, 9.17) is 0 Å². The fraction of sp³-hybridized carbons (Fsp3) is 1.00. The molecule has 4 rings (SSSR count). The maximum Gasteiger partial charge on any atom is 0.0732 e. The minimum atomic E-state index is -0.537. The lowest BCUT2D eigenvalue weighted by Gasteiger charge is -2.56. The summed E-state index contributed by atoms with van der Waals surface area (Å²) in [6.07, 6.45) is 13.2. The van der Waals surface area contributed by atoms with E-state index < -0.39 is 5.60 Å². The molecule has 8 atom stereocenters. The topological polar surface area (TPSA) is 40.5 Å². The van der Waals surface area contributed by atoms with Crippen LogP contribution >= 0.6 is 0 Å². The molecular weight excluding hydrogens is 284 g/mol. The number of fused-ring (bicyclic) bond motifs is 5. The third-order valence-corrected chi connectivity index (χ3v) is 8.86. The van der Waals surface area contributed by atoms with Crippen molar-refractivity contribution in [2.24, 2.45) is 35.0 Å². The molecule has 2 heteroatoms. The zero-order valence-electron chi connectivity index (χ0n) is 15.1. The Morgan fingerprint density at radius 2 is 1.87 bits per heavy atom. The van der Waals surface area contributed by atoms with Crippen molar-refractivity contribution in [3.8, 4) is 0 Å². The van der Waals surface area contributed by atoms with E-state index in [9.17, 15) is 10.2 Å². The van der Waals surface area contributed by atoms with Gasteiger partial charge in [0.1, 0.15) is 0 Å². The quantitative estimate of drug-likeness (QED) is 0.802. The van der Waals surface area contributed by atoms with E-state index in [0.29, 0.717) is 23.7 Å². The maximum atomic E-state index is 11.4. The normalized spacial score (nSPS) is 55.3. The SMILES string of the molecule is CCCCC1CCC2C3CCC4CC(O)CC4(O)C3CCC12C. The molecule has 23 heavy (non-hydrogen) atoms. The number of aliphatic hydroxyl groups is 2. The van der Waals surface area contributed by atoms with E-state index in [2.05, 4.69) is 13.8 Å². The molecule has 4 fully saturated rings. The van der Waals surface area contributed by atoms with Crippen LogP contribution in [0, 0.1) is 35.0 Å². The van der Waals surface area contributed by atoms with Gasteiger partial charge < -0.3 is 10.2 Å². The van der Waals surface area contributed by atoms with E-state index in [1.807, 2.05) is 0 Å². The van der Waals surface area contributed by atoms with E-state index in [0.717, 1.165) is 30.6 Å². The van der Waals surface area contributed by atoms with Crippen LogP contribution < -0.4 is 0 Å². The van der Waals surface area contributed by atoms with Crippen molar-refractivity contribution in [3.05, 3.63) is 0 Å². The van der Waals surface area contributed by atoms with Crippen molar-refractivity contribution in [2.45, 2.75) is 96.2 Å². The molecule has 0 spiro atoms. The molecule has 0 aromatic heterocycles. The first-order valence-electron chi connectivity index (χ1n) is 10.4. The molecule has 0 aliphatic heterocycles. The Labute approximate surface area is 142 Å². The second-order valence-electron chi connectivity index (χ2n) is 9.70. The number of hydrogen-bond acceptors (Lipinski definition) is 2. The Balaban J connectivity index is 1.56. The summed E-state index contributed by atoms with van der Waals surface area (Å²) in [6.45, 7) is 4.90. The molecule has 8 unspecified atom stereocenters. The van der Waals surface area contributed by atoms with Gasteiger partial charge >= 0.3 is 0 Å². The highest BCUT2D eigenvalue weighted by Crippen LogP contribution is 2.66. The van der Waals surface area contributed by atoms with Crippen LogP contribution in [0.2, 0.25) is 0 Å². The summed E-state index contributed by atoms with van der Waals surface area (Å²) in [7, 11) is 0. The third-order valence-electron chi connectivity index (χ3n) is 8.86. The third kappa shape index (κ3) is 2.34. The molecule has 0 amide bonds. The Bertz CT molecular complexity index is 449.